The van der Waals surface area contributed by atoms with Crippen LogP contribution in [0.3, 0.4) is 0 Å². The van der Waals surface area contributed by atoms with Crippen molar-refractivity contribution in [3.05, 3.63) is 12.0 Å². The van der Waals surface area contributed by atoms with E-state index < -0.39 is 9.05 Å². The lowest BCUT2D eigenvalue weighted by Gasteiger charge is -2.04. The maximum atomic E-state index is 11.1. The zero-order chi connectivity index (χ0) is 12.2. The average molecular weight is 267 g/mol. The molecule has 7 heteroatoms. The molecule has 0 amide bonds. The van der Waals surface area contributed by atoms with E-state index in [9.17, 15) is 8.42 Å². The molecule has 0 spiro atoms. The monoisotopic (exact) mass is 266 g/mol. The highest BCUT2D eigenvalue weighted by atomic mass is 35.7. The van der Waals surface area contributed by atoms with Gasteiger partial charge in [0, 0.05) is 37.0 Å². The van der Waals surface area contributed by atoms with Crippen molar-refractivity contribution in [2.45, 2.75) is 31.3 Å². The summed E-state index contributed by atoms with van der Waals surface area (Å²) >= 11 is 0. The molecule has 1 aromatic heterocycles. The second kappa shape index (κ2) is 5.65. The van der Waals surface area contributed by atoms with Crippen LogP contribution in [0.5, 0.6) is 0 Å². The molecule has 0 aliphatic heterocycles. The van der Waals surface area contributed by atoms with Gasteiger partial charge in [-0.2, -0.15) is 0 Å². The van der Waals surface area contributed by atoms with Crippen LogP contribution in [-0.2, 0) is 26.8 Å². The zero-order valence-electron chi connectivity index (χ0n) is 9.31. The van der Waals surface area contributed by atoms with Gasteiger partial charge in [0.25, 0.3) is 9.05 Å². The first-order valence-electron chi connectivity index (χ1n) is 4.98. The van der Waals surface area contributed by atoms with Crippen LogP contribution in [0.2, 0.25) is 0 Å². The van der Waals surface area contributed by atoms with Gasteiger partial charge in [0.2, 0.25) is 0 Å². The summed E-state index contributed by atoms with van der Waals surface area (Å²) in [4.78, 5) is 4.01. The van der Waals surface area contributed by atoms with Crippen LogP contribution in [0.1, 0.15) is 19.2 Å². The highest BCUT2D eigenvalue weighted by molar-refractivity contribution is 8.13. The van der Waals surface area contributed by atoms with Crippen molar-refractivity contribution >= 4 is 19.7 Å². The Morgan fingerprint density at radius 2 is 2.25 bits per heavy atom. The summed E-state index contributed by atoms with van der Waals surface area (Å²) in [7, 11) is 3.09. The lowest BCUT2D eigenvalue weighted by molar-refractivity contribution is 0.186. The van der Waals surface area contributed by atoms with Gasteiger partial charge in [-0.3, -0.25) is 0 Å². The lowest BCUT2D eigenvalue weighted by Crippen LogP contribution is -2.07. The number of halogens is 1. The van der Waals surface area contributed by atoms with Crippen molar-refractivity contribution in [2.75, 3.05) is 13.7 Å². The molecule has 0 atom stereocenters. The minimum Gasteiger partial charge on any atom is -0.383 e. The summed E-state index contributed by atoms with van der Waals surface area (Å²) in [5.41, 5.74) is 0. The van der Waals surface area contributed by atoms with Gasteiger partial charge in [0.1, 0.15) is 5.82 Å². The second-order valence-electron chi connectivity index (χ2n) is 3.37. The Bertz CT molecular complexity index is 442. The van der Waals surface area contributed by atoms with Crippen LogP contribution in [-0.4, -0.2) is 31.7 Å². The number of aryl methyl sites for hydroxylation is 1. The second-order valence-corrected chi connectivity index (χ2v) is 5.88. The van der Waals surface area contributed by atoms with E-state index in [1.165, 1.54) is 6.20 Å². The first-order chi connectivity index (χ1) is 7.49. The third-order valence-electron chi connectivity index (χ3n) is 2.10. The van der Waals surface area contributed by atoms with Gasteiger partial charge in [-0.1, -0.05) is 6.92 Å². The fraction of sp³-hybridized carbons (Fsp3) is 0.667. The van der Waals surface area contributed by atoms with Gasteiger partial charge >= 0.3 is 0 Å². The van der Waals surface area contributed by atoms with Crippen LogP contribution in [0, 0.1) is 0 Å². The Morgan fingerprint density at radius 1 is 1.56 bits per heavy atom. The van der Waals surface area contributed by atoms with Gasteiger partial charge in [-0.25, -0.2) is 13.4 Å². The van der Waals surface area contributed by atoms with E-state index in [2.05, 4.69) is 4.98 Å². The Hall–Kier alpha value is -0.590. The fourth-order valence-corrected chi connectivity index (χ4v) is 2.04. The Balaban J connectivity index is 3.00. The zero-order valence-corrected chi connectivity index (χ0v) is 10.9. The Kier molecular flexibility index (Phi) is 4.76. The van der Waals surface area contributed by atoms with Crippen LogP contribution < -0.4 is 0 Å². The highest BCUT2D eigenvalue weighted by Crippen LogP contribution is 2.15. The topological polar surface area (TPSA) is 61.2 Å². The average Bonchev–Trinajstić information content (AvgIpc) is 2.58. The molecule has 0 saturated heterocycles. The predicted octanol–water partition coefficient (Wildman–Crippen LogP) is 1.41. The fourth-order valence-electron chi connectivity index (χ4n) is 1.35. The molecule has 0 aromatic carbocycles. The molecule has 0 radical (unpaired) electrons. The summed E-state index contributed by atoms with van der Waals surface area (Å²) in [6.45, 7) is 3.09. The maximum absolute atomic E-state index is 11.1. The molecule has 1 heterocycles. The molecule has 0 aliphatic carbocycles. The normalized spacial score (nSPS) is 11.9. The smallest absolute Gasteiger partial charge is 0.280 e. The molecule has 0 bridgehead atoms. The van der Waals surface area contributed by atoms with Crippen LogP contribution in [0.25, 0.3) is 0 Å². The SMILES string of the molecule is CCCc1nc(S(=O)(=O)Cl)cn1CCOC. The number of rotatable bonds is 6. The van der Waals surface area contributed by atoms with E-state index in [1.54, 1.807) is 11.7 Å². The molecule has 5 nitrogen and oxygen atoms in total. The largest absolute Gasteiger partial charge is 0.383 e. The number of nitrogens with zero attached hydrogens (tertiary/aromatic N) is 2. The highest BCUT2D eigenvalue weighted by Gasteiger charge is 2.17. The molecule has 0 aliphatic rings. The van der Waals surface area contributed by atoms with Crippen molar-refractivity contribution in [3.8, 4) is 0 Å². The first-order valence-corrected chi connectivity index (χ1v) is 7.29. The summed E-state index contributed by atoms with van der Waals surface area (Å²) < 4.78 is 29.0. The number of hydrogen-bond acceptors (Lipinski definition) is 4. The molecule has 0 unspecified atom stereocenters. The summed E-state index contributed by atoms with van der Waals surface area (Å²) in [6, 6.07) is 0. The lowest BCUT2D eigenvalue weighted by atomic mass is 10.3. The molecule has 0 fully saturated rings. The van der Waals surface area contributed by atoms with E-state index in [0.29, 0.717) is 13.2 Å². The van der Waals surface area contributed by atoms with E-state index >= 15 is 0 Å². The maximum Gasteiger partial charge on any atom is 0.280 e. The Morgan fingerprint density at radius 3 is 2.75 bits per heavy atom. The van der Waals surface area contributed by atoms with E-state index in [0.717, 1.165) is 18.7 Å². The van der Waals surface area contributed by atoms with E-state index in [1.807, 2.05) is 6.92 Å². The molecule has 1 rings (SSSR count). The summed E-state index contributed by atoms with van der Waals surface area (Å²) in [5, 5.41) is -0.0891. The van der Waals surface area contributed by atoms with Crippen molar-refractivity contribution in [3.63, 3.8) is 0 Å². The van der Waals surface area contributed by atoms with Crippen molar-refractivity contribution < 1.29 is 13.2 Å². The molecule has 1 aromatic rings. The van der Waals surface area contributed by atoms with Crippen molar-refractivity contribution in [2.24, 2.45) is 0 Å². The number of imidazole rings is 1. The van der Waals surface area contributed by atoms with E-state index in [4.69, 9.17) is 15.4 Å². The molecular weight excluding hydrogens is 252 g/mol. The molecular formula is C9H15ClN2O3S. The molecule has 0 N–H and O–H groups in total. The first kappa shape index (κ1) is 13.5. The van der Waals surface area contributed by atoms with Gasteiger partial charge in [0.05, 0.1) is 6.61 Å². The number of methoxy groups -OCH3 is 1. The molecule has 16 heavy (non-hydrogen) atoms. The minimum absolute atomic E-state index is 0.0891. The van der Waals surface area contributed by atoms with Crippen LogP contribution in [0.15, 0.2) is 11.2 Å². The van der Waals surface area contributed by atoms with Gasteiger partial charge in [-0.15, -0.1) is 0 Å². The minimum atomic E-state index is -3.75. The van der Waals surface area contributed by atoms with Crippen molar-refractivity contribution in [1.82, 2.24) is 9.55 Å². The third kappa shape index (κ3) is 3.47. The van der Waals surface area contributed by atoms with E-state index in [-0.39, 0.29) is 5.03 Å². The molecule has 92 valence electrons. The van der Waals surface area contributed by atoms with Gasteiger partial charge in [-0.05, 0) is 6.42 Å². The predicted molar refractivity (Wildman–Crippen MR) is 61.1 cm³/mol. The molecule has 0 saturated carbocycles. The third-order valence-corrected chi connectivity index (χ3v) is 3.27. The van der Waals surface area contributed by atoms with Crippen LogP contribution >= 0.6 is 10.7 Å². The van der Waals surface area contributed by atoms with Gasteiger partial charge < -0.3 is 9.30 Å². The number of ether oxygens (including phenoxy) is 1. The van der Waals surface area contributed by atoms with Crippen LogP contribution in [0.4, 0.5) is 0 Å². The number of hydrogen-bond donors (Lipinski definition) is 0. The standard InChI is InChI=1S/C9H15ClN2O3S/c1-3-4-8-11-9(16(10,13)14)7-12(8)5-6-15-2/h7H,3-6H2,1-2H3. The summed E-state index contributed by atoms with van der Waals surface area (Å²) in [6.07, 6.45) is 3.06. The quantitative estimate of drug-likeness (QED) is 0.731. The summed E-state index contributed by atoms with van der Waals surface area (Å²) in [5.74, 6) is 0.721. The van der Waals surface area contributed by atoms with Crippen molar-refractivity contribution in [1.29, 1.82) is 0 Å². The number of aromatic nitrogens is 2. The van der Waals surface area contributed by atoms with Gasteiger partial charge in [0.15, 0.2) is 5.03 Å². The Labute approximate surface area is 99.8 Å².